The number of aliphatic imine (C=N–C) groups is 1. The third-order valence-electron chi connectivity index (χ3n) is 3.57. The van der Waals surface area contributed by atoms with Crippen LogP contribution in [0.3, 0.4) is 0 Å². The van der Waals surface area contributed by atoms with Crippen LogP contribution in [0.25, 0.3) is 0 Å². The molecule has 1 saturated heterocycles. The summed E-state index contributed by atoms with van der Waals surface area (Å²) in [7, 11) is 1.74. The first kappa shape index (κ1) is 22.5. The predicted octanol–water partition coefficient (Wildman–Crippen LogP) is 2.90. The molecule has 0 aliphatic carbocycles. The second-order valence-corrected chi connectivity index (χ2v) is 6.55. The first-order valence-electron chi connectivity index (χ1n) is 8.31. The van der Waals surface area contributed by atoms with Crippen molar-refractivity contribution < 1.29 is 13.9 Å². The molecular formula is C17H27FIN3O2S. The average Bonchev–Trinajstić information content (AvgIpc) is 3.11. The lowest BCUT2D eigenvalue weighted by Gasteiger charge is -2.13. The van der Waals surface area contributed by atoms with E-state index in [2.05, 4.69) is 15.6 Å². The summed E-state index contributed by atoms with van der Waals surface area (Å²) in [6.45, 7) is 3.77. The Morgan fingerprint density at radius 3 is 2.88 bits per heavy atom. The maximum absolute atomic E-state index is 13.5. The Labute approximate surface area is 170 Å². The number of ether oxygens (including phenoxy) is 2. The second kappa shape index (κ2) is 13.6. The summed E-state index contributed by atoms with van der Waals surface area (Å²) in [6.07, 6.45) is 2.18. The van der Waals surface area contributed by atoms with Gasteiger partial charge in [0.2, 0.25) is 0 Å². The smallest absolute Gasteiger partial charge is 0.191 e. The molecule has 0 spiro atoms. The van der Waals surface area contributed by atoms with Gasteiger partial charge in [-0.15, -0.1) is 35.7 Å². The number of nitrogens with zero attached hydrogens (tertiary/aromatic N) is 1. The lowest BCUT2D eigenvalue weighted by molar-refractivity contribution is 0.0420. The standard InChI is InChI=1S/C17H26FN3O2S.HI/c1-19-17(20-8-4-10-23-14-7-11-22-13-14)21-9-12-24-16-6-3-2-5-15(16)18;/h2-3,5-6,14H,4,7-13H2,1H3,(H2,19,20,21);1H. The molecule has 5 nitrogen and oxygen atoms in total. The number of thioether (sulfide) groups is 1. The van der Waals surface area contributed by atoms with E-state index in [1.54, 1.807) is 19.2 Å². The van der Waals surface area contributed by atoms with Gasteiger partial charge in [-0.3, -0.25) is 4.99 Å². The number of guanidine groups is 1. The van der Waals surface area contributed by atoms with Crippen molar-refractivity contribution in [2.75, 3.05) is 45.7 Å². The van der Waals surface area contributed by atoms with Gasteiger partial charge in [-0.2, -0.15) is 0 Å². The Hall–Kier alpha value is -0.580. The van der Waals surface area contributed by atoms with Gasteiger partial charge in [0, 0.05) is 44.0 Å². The van der Waals surface area contributed by atoms with E-state index in [9.17, 15) is 4.39 Å². The molecule has 0 amide bonds. The first-order valence-corrected chi connectivity index (χ1v) is 9.29. The van der Waals surface area contributed by atoms with Gasteiger partial charge in [0.05, 0.1) is 12.7 Å². The van der Waals surface area contributed by atoms with Crippen molar-refractivity contribution in [2.45, 2.75) is 23.8 Å². The highest BCUT2D eigenvalue weighted by atomic mass is 127. The van der Waals surface area contributed by atoms with E-state index in [0.29, 0.717) is 11.4 Å². The highest BCUT2D eigenvalue weighted by Crippen LogP contribution is 2.20. The lowest BCUT2D eigenvalue weighted by atomic mass is 10.3. The largest absolute Gasteiger partial charge is 0.379 e. The summed E-state index contributed by atoms with van der Waals surface area (Å²) >= 11 is 1.49. The summed E-state index contributed by atoms with van der Waals surface area (Å²) in [6, 6.07) is 6.82. The van der Waals surface area contributed by atoms with E-state index in [0.717, 1.165) is 50.9 Å². The fourth-order valence-corrected chi connectivity index (χ4v) is 3.09. The monoisotopic (exact) mass is 483 g/mol. The number of hydrogen-bond donors (Lipinski definition) is 2. The van der Waals surface area contributed by atoms with Crippen LogP contribution >= 0.6 is 35.7 Å². The third-order valence-corrected chi connectivity index (χ3v) is 4.62. The van der Waals surface area contributed by atoms with Gasteiger partial charge >= 0.3 is 0 Å². The molecule has 0 bridgehead atoms. The molecule has 0 aromatic heterocycles. The summed E-state index contributed by atoms with van der Waals surface area (Å²) in [5.41, 5.74) is 0. The SMILES string of the molecule is CN=C(NCCCOC1CCOC1)NCCSc1ccccc1F.I. The molecule has 1 aromatic rings. The Kier molecular flexibility index (Phi) is 12.2. The normalized spacial score (nSPS) is 17.2. The highest BCUT2D eigenvalue weighted by molar-refractivity contribution is 14.0. The maximum atomic E-state index is 13.5. The van der Waals surface area contributed by atoms with E-state index >= 15 is 0 Å². The summed E-state index contributed by atoms with van der Waals surface area (Å²) in [4.78, 5) is 4.85. The van der Waals surface area contributed by atoms with Gasteiger partial charge in [0.25, 0.3) is 0 Å². The fourth-order valence-electron chi connectivity index (χ4n) is 2.29. The average molecular weight is 483 g/mol. The van der Waals surface area contributed by atoms with Gasteiger partial charge in [-0.05, 0) is 25.0 Å². The molecule has 1 fully saturated rings. The zero-order valence-corrected chi connectivity index (χ0v) is 17.6. The zero-order valence-electron chi connectivity index (χ0n) is 14.5. The number of halogens is 2. The van der Waals surface area contributed by atoms with Crippen molar-refractivity contribution in [3.05, 3.63) is 30.1 Å². The molecule has 142 valence electrons. The molecule has 2 rings (SSSR count). The van der Waals surface area contributed by atoms with Crippen LogP contribution in [0, 0.1) is 5.82 Å². The van der Waals surface area contributed by atoms with Crippen LogP contribution in [0.1, 0.15) is 12.8 Å². The van der Waals surface area contributed by atoms with Crippen molar-refractivity contribution in [3.63, 3.8) is 0 Å². The predicted molar refractivity (Wildman–Crippen MR) is 112 cm³/mol. The molecule has 1 aromatic carbocycles. The molecule has 1 aliphatic rings. The maximum Gasteiger partial charge on any atom is 0.191 e. The third kappa shape index (κ3) is 9.07. The van der Waals surface area contributed by atoms with Crippen molar-refractivity contribution in [1.82, 2.24) is 10.6 Å². The van der Waals surface area contributed by atoms with Crippen LogP contribution in [0.4, 0.5) is 4.39 Å². The molecule has 1 atom stereocenters. The zero-order chi connectivity index (χ0) is 17.0. The Balaban J connectivity index is 0.00000312. The molecule has 1 heterocycles. The quantitative estimate of drug-likeness (QED) is 0.186. The molecule has 25 heavy (non-hydrogen) atoms. The van der Waals surface area contributed by atoms with Crippen molar-refractivity contribution in [2.24, 2.45) is 4.99 Å². The van der Waals surface area contributed by atoms with Crippen molar-refractivity contribution in [1.29, 1.82) is 0 Å². The topological polar surface area (TPSA) is 54.9 Å². The first-order chi connectivity index (χ1) is 11.8. The molecule has 0 saturated carbocycles. The fraction of sp³-hybridized carbons (Fsp3) is 0.588. The van der Waals surface area contributed by atoms with Gasteiger partial charge in [0.15, 0.2) is 5.96 Å². The summed E-state index contributed by atoms with van der Waals surface area (Å²) in [5, 5.41) is 6.48. The molecule has 0 radical (unpaired) electrons. The van der Waals surface area contributed by atoms with Gasteiger partial charge in [-0.1, -0.05) is 12.1 Å². The molecular weight excluding hydrogens is 456 g/mol. The molecule has 8 heteroatoms. The van der Waals surface area contributed by atoms with Gasteiger partial charge in [0.1, 0.15) is 5.82 Å². The number of rotatable bonds is 9. The number of hydrogen-bond acceptors (Lipinski definition) is 4. The van der Waals surface area contributed by atoms with Crippen LogP contribution in [0.2, 0.25) is 0 Å². The van der Waals surface area contributed by atoms with Gasteiger partial charge < -0.3 is 20.1 Å². The van der Waals surface area contributed by atoms with Crippen molar-refractivity contribution >= 4 is 41.7 Å². The molecule has 1 unspecified atom stereocenters. The van der Waals surface area contributed by atoms with Crippen molar-refractivity contribution in [3.8, 4) is 0 Å². The van der Waals surface area contributed by atoms with Crippen LogP contribution in [-0.4, -0.2) is 57.8 Å². The van der Waals surface area contributed by atoms with Crippen LogP contribution in [-0.2, 0) is 9.47 Å². The lowest BCUT2D eigenvalue weighted by Crippen LogP contribution is -2.39. The van der Waals surface area contributed by atoms with Gasteiger partial charge in [-0.25, -0.2) is 4.39 Å². The second-order valence-electron chi connectivity index (χ2n) is 5.41. The Morgan fingerprint density at radius 2 is 2.16 bits per heavy atom. The Morgan fingerprint density at radius 1 is 1.36 bits per heavy atom. The summed E-state index contributed by atoms with van der Waals surface area (Å²) in [5.74, 6) is 1.36. The van der Waals surface area contributed by atoms with E-state index in [1.807, 2.05) is 6.07 Å². The van der Waals surface area contributed by atoms with Crippen LogP contribution in [0.5, 0.6) is 0 Å². The van der Waals surface area contributed by atoms with E-state index in [-0.39, 0.29) is 35.9 Å². The Bertz CT molecular complexity index is 516. The van der Waals surface area contributed by atoms with E-state index in [4.69, 9.17) is 9.47 Å². The number of nitrogens with one attached hydrogen (secondary N) is 2. The minimum atomic E-state index is -0.169. The van der Waals surface area contributed by atoms with E-state index < -0.39 is 0 Å². The summed E-state index contributed by atoms with van der Waals surface area (Å²) < 4.78 is 24.5. The molecule has 1 aliphatic heterocycles. The molecule has 2 N–H and O–H groups in total. The minimum absolute atomic E-state index is 0. The van der Waals surface area contributed by atoms with Crippen LogP contribution < -0.4 is 10.6 Å². The number of benzene rings is 1. The highest BCUT2D eigenvalue weighted by Gasteiger charge is 2.15. The van der Waals surface area contributed by atoms with E-state index in [1.165, 1.54) is 17.8 Å². The van der Waals surface area contributed by atoms with Crippen LogP contribution in [0.15, 0.2) is 34.2 Å². The minimum Gasteiger partial charge on any atom is -0.379 e.